The highest BCUT2D eigenvalue weighted by Crippen LogP contribution is 2.31. The van der Waals surface area contributed by atoms with Gasteiger partial charge in [0, 0.05) is 44.0 Å². The van der Waals surface area contributed by atoms with Crippen LogP contribution < -0.4 is 15.4 Å². The van der Waals surface area contributed by atoms with Gasteiger partial charge in [-0.2, -0.15) is 0 Å². The second-order valence-corrected chi connectivity index (χ2v) is 6.95. The summed E-state index contributed by atoms with van der Waals surface area (Å²) in [5.74, 6) is 1.76. The molecule has 0 aliphatic carbocycles. The first kappa shape index (κ1) is 23.4. The van der Waals surface area contributed by atoms with Crippen molar-refractivity contribution in [1.29, 1.82) is 0 Å². The monoisotopic (exact) mass is 509 g/mol. The minimum Gasteiger partial charge on any atom is -0.496 e. The first-order valence-corrected chi connectivity index (χ1v) is 10.0. The SMILES string of the molecule is CN=C(NCCc1ccccn1)NCC(c1ccccc1OC)N1CCCC1.I. The number of rotatable bonds is 8. The first-order chi connectivity index (χ1) is 13.8. The molecule has 0 amide bonds. The Labute approximate surface area is 191 Å². The van der Waals surface area contributed by atoms with Gasteiger partial charge in [-0.05, 0) is 44.1 Å². The number of para-hydroxylation sites is 1. The number of likely N-dealkylation sites (tertiary alicyclic amines) is 1. The van der Waals surface area contributed by atoms with Crippen molar-refractivity contribution in [3.05, 3.63) is 59.9 Å². The van der Waals surface area contributed by atoms with E-state index in [-0.39, 0.29) is 30.0 Å². The number of benzene rings is 1. The third-order valence-corrected chi connectivity index (χ3v) is 5.17. The van der Waals surface area contributed by atoms with Crippen LogP contribution in [0.25, 0.3) is 0 Å². The molecule has 1 aromatic heterocycles. The van der Waals surface area contributed by atoms with Crippen molar-refractivity contribution in [2.24, 2.45) is 4.99 Å². The lowest BCUT2D eigenvalue weighted by Gasteiger charge is -2.30. The van der Waals surface area contributed by atoms with E-state index in [9.17, 15) is 0 Å². The van der Waals surface area contributed by atoms with E-state index in [1.54, 1.807) is 7.11 Å². The van der Waals surface area contributed by atoms with Crippen LogP contribution in [0.1, 0.15) is 30.1 Å². The van der Waals surface area contributed by atoms with Gasteiger partial charge in [0.2, 0.25) is 0 Å². The molecule has 2 heterocycles. The summed E-state index contributed by atoms with van der Waals surface area (Å²) in [4.78, 5) is 11.3. The highest BCUT2D eigenvalue weighted by atomic mass is 127. The zero-order chi connectivity index (χ0) is 19.6. The normalized spacial score (nSPS) is 15.4. The Balaban J connectivity index is 0.00000300. The fourth-order valence-electron chi connectivity index (χ4n) is 3.70. The van der Waals surface area contributed by atoms with Gasteiger partial charge in [-0.3, -0.25) is 14.9 Å². The summed E-state index contributed by atoms with van der Waals surface area (Å²) in [6.07, 6.45) is 5.20. The van der Waals surface area contributed by atoms with Gasteiger partial charge in [0.1, 0.15) is 5.75 Å². The molecule has 7 heteroatoms. The second-order valence-electron chi connectivity index (χ2n) is 6.95. The average Bonchev–Trinajstić information content (AvgIpc) is 3.28. The van der Waals surface area contributed by atoms with Gasteiger partial charge < -0.3 is 15.4 Å². The number of nitrogens with one attached hydrogen (secondary N) is 2. The molecule has 1 unspecified atom stereocenters. The molecular formula is C22H32IN5O. The van der Waals surface area contributed by atoms with E-state index in [1.165, 1.54) is 18.4 Å². The Morgan fingerprint density at radius 3 is 2.59 bits per heavy atom. The Morgan fingerprint density at radius 1 is 1.14 bits per heavy atom. The topological polar surface area (TPSA) is 61.8 Å². The smallest absolute Gasteiger partial charge is 0.191 e. The molecule has 0 bridgehead atoms. The maximum Gasteiger partial charge on any atom is 0.191 e. The number of nitrogens with zero attached hydrogens (tertiary/aromatic N) is 3. The number of hydrogen-bond donors (Lipinski definition) is 2. The molecule has 2 N–H and O–H groups in total. The van der Waals surface area contributed by atoms with Crippen LogP contribution in [0.2, 0.25) is 0 Å². The van der Waals surface area contributed by atoms with Crippen molar-refractivity contribution < 1.29 is 4.74 Å². The number of methoxy groups -OCH3 is 1. The van der Waals surface area contributed by atoms with E-state index in [2.05, 4.69) is 37.6 Å². The standard InChI is InChI=1S/C22H31N5O.HI/c1-23-22(25-14-12-18-9-5-6-13-24-18)26-17-20(27-15-7-8-16-27)19-10-3-4-11-21(19)28-2;/h3-6,9-11,13,20H,7-8,12,14-17H2,1-2H3,(H2,23,25,26);1H. The third-order valence-electron chi connectivity index (χ3n) is 5.17. The molecule has 1 fully saturated rings. The largest absolute Gasteiger partial charge is 0.496 e. The Morgan fingerprint density at radius 2 is 1.90 bits per heavy atom. The van der Waals surface area contributed by atoms with Gasteiger partial charge in [0.25, 0.3) is 0 Å². The molecule has 1 saturated heterocycles. The Hall–Kier alpha value is -1.87. The van der Waals surface area contributed by atoms with Crippen molar-refractivity contribution in [1.82, 2.24) is 20.5 Å². The zero-order valence-electron chi connectivity index (χ0n) is 17.3. The predicted octanol–water partition coefficient (Wildman–Crippen LogP) is 3.25. The van der Waals surface area contributed by atoms with E-state index < -0.39 is 0 Å². The van der Waals surface area contributed by atoms with Crippen LogP contribution in [-0.4, -0.2) is 56.2 Å². The van der Waals surface area contributed by atoms with Gasteiger partial charge in [0.05, 0.1) is 13.2 Å². The van der Waals surface area contributed by atoms with Crippen molar-refractivity contribution in [3.63, 3.8) is 0 Å². The molecule has 158 valence electrons. The highest BCUT2D eigenvalue weighted by molar-refractivity contribution is 14.0. The van der Waals surface area contributed by atoms with Gasteiger partial charge in [-0.25, -0.2) is 0 Å². The molecule has 0 radical (unpaired) electrons. The number of aromatic nitrogens is 1. The molecule has 29 heavy (non-hydrogen) atoms. The van der Waals surface area contributed by atoms with Crippen LogP contribution in [-0.2, 0) is 6.42 Å². The number of halogens is 1. The highest BCUT2D eigenvalue weighted by Gasteiger charge is 2.25. The average molecular weight is 509 g/mol. The quantitative estimate of drug-likeness (QED) is 0.325. The maximum atomic E-state index is 5.63. The molecule has 3 rings (SSSR count). The molecule has 1 aromatic carbocycles. The van der Waals surface area contributed by atoms with E-state index in [0.717, 1.165) is 50.0 Å². The zero-order valence-corrected chi connectivity index (χ0v) is 19.6. The van der Waals surface area contributed by atoms with E-state index in [4.69, 9.17) is 4.74 Å². The summed E-state index contributed by atoms with van der Waals surface area (Å²) in [6.45, 7) is 3.82. The minimum atomic E-state index is 0. The fraction of sp³-hybridized carbons (Fsp3) is 0.455. The predicted molar refractivity (Wildman–Crippen MR) is 129 cm³/mol. The number of pyridine rings is 1. The van der Waals surface area contributed by atoms with Gasteiger partial charge in [-0.1, -0.05) is 24.3 Å². The van der Waals surface area contributed by atoms with Crippen LogP contribution in [0.3, 0.4) is 0 Å². The van der Waals surface area contributed by atoms with Crippen LogP contribution in [0.5, 0.6) is 5.75 Å². The van der Waals surface area contributed by atoms with Crippen LogP contribution in [0.4, 0.5) is 0 Å². The van der Waals surface area contributed by atoms with Gasteiger partial charge in [-0.15, -0.1) is 24.0 Å². The number of hydrogen-bond acceptors (Lipinski definition) is 4. The molecule has 1 aliphatic heterocycles. The van der Waals surface area contributed by atoms with Crippen LogP contribution >= 0.6 is 24.0 Å². The van der Waals surface area contributed by atoms with Crippen molar-refractivity contribution >= 4 is 29.9 Å². The summed E-state index contributed by atoms with van der Waals surface area (Å²) < 4.78 is 5.63. The summed E-state index contributed by atoms with van der Waals surface area (Å²) in [5.41, 5.74) is 2.30. The van der Waals surface area contributed by atoms with E-state index >= 15 is 0 Å². The Bertz CT molecular complexity index is 750. The summed E-state index contributed by atoms with van der Waals surface area (Å²) >= 11 is 0. The van der Waals surface area contributed by atoms with Crippen molar-refractivity contribution in [3.8, 4) is 5.75 Å². The number of ether oxygens (including phenoxy) is 1. The van der Waals surface area contributed by atoms with E-state index in [1.807, 2.05) is 43.6 Å². The minimum absolute atomic E-state index is 0. The first-order valence-electron chi connectivity index (χ1n) is 10.0. The molecule has 1 atom stereocenters. The molecule has 0 spiro atoms. The third kappa shape index (κ3) is 6.85. The molecule has 2 aromatic rings. The van der Waals surface area contributed by atoms with Gasteiger partial charge >= 0.3 is 0 Å². The van der Waals surface area contributed by atoms with Gasteiger partial charge in [0.15, 0.2) is 5.96 Å². The lowest BCUT2D eigenvalue weighted by molar-refractivity contribution is 0.239. The number of aliphatic imine (C=N–C) groups is 1. The second kappa shape index (κ2) is 12.6. The van der Waals surface area contributed by atoms with Crippen LogP contribution in [0, 0.1) is 0 Å². The fourth-order valence-corrected chi connectivity index (χ4v) is 3.70. The molecule has 1 aliphatic rings. The lowest BCUT2D eigenvalue weighted by Crippen LogP contribution is -2.43. The van der Waals surface area contributed by atoms with Crippen molar-refractivity contribution in [2.45, 2.75) is 25.3 Å². The van der Waals surface area contributed by atoms with Crippen LogP contribution in [0.15, 0.2) is 53.7 Å². The summed E-state index contributed by atoms with van der Waals surface area (Å²) in [5, 5.41) is 6.90. The van der Waals surface area contributed by atoms with E-state index in [0.29, 0.717) is 0 Å². The maximum absolute atomic E-state index is 5.63. The summed E-state index contributed by atoms with van der Waals surface area (Å²) in [7, 11) is 3.55. The summed E-state index contributed by atoms with van der Waals surface area (Å²) in [6, 6.07) is 14.6. The Kier molecular flexibility index (Phi) is 10.2. The lowest BCUT2D eigenvalue weighted by atomic mass is 10.0. The molecule has 6 nitrogen and oxygen atoms in total. The molecule has 0 saturated carbocycles. The molecular weight excluding hydrogens is 477 g/mol. The van der Waals surface area contributed by atoms with Crippen molar-refractivity contribution in [2.75, 3.05) is 40.3 Å². The number of guanidine groups is 1.